The third-order valence-electron chi connectivity index (χ3n) is 5.00. The number of hydrogen-bond donors (Lipinski definition) is 1. The molecule has 2 aromatic heterocycles. The maximum absolute atomic E-state index is 13.2. The molecule has 0 atom stereocenters. The highest BCUT2D eigenvalue weighted by Gasteiger charge is 2.19. The summed E-state index contributed by atoms with van der Waals surface area (Å²) < 4.78 is 6.89. The maximum atomic E-state index is 13.2. The molecule has 142 valence electrons. The fourth-order valence-corrected chi connectivity index (χ4v) is 3.82. The van der Waals surface area contributed by atoms with E-state index in [1.54, 1.807) is 29.2 Å². The normalized spacial score (nSPS) is 11.2. The number of carboxylic acid groups (broad SMARTS) is 1. The van der Waals surface area contributed by atoms with Gasteiger partial charge in [0.2, 0.25) is 0 Å². The molecule has 0 saturated carbocycles. The van der Waals surface area contributed by atoms with Crippen molar-refractivity contribution in [2.45, 2.75) is 13.5 Å². The number of aromatic nitrogens is 1. The summed E-state index contributed by atoms with van der Waals surface area (Å²) in [5.74, 6) is -0.967. The van der Waals surface area contributed by atoms with Crippen molar-refractivity contribution in [1.82, 2.24) is 4.57 Å². The van der Waals surface area contributed by atoms with Crippen molar-refractivity contribution in [3.63, 3.8) is 0 Å². The molecule has 0 radical (unpaired) electrons. The smallest absolute Gasteiger partial charge is 0.323 e. The standard InChI is InChI=1S/C22H20N2O4/c1-13-4-6-17-21(20(13)23(2)3)24(11-19(25)26)18-10-14(15-8-9-28-12-15)5-7-16(18)22(17)27/h4-10,12H,11H2,1-3H3,(H,25,26). The Morgan fingerprint density at radius 1 is 1.11 bits per heavy atom. The van der Waals surface area contributed by atoms with Crippen LogP contribution in [0.4, 0.5) is 5.69 Å². The van der Waals surface area contributed by atoms with E-state index in [0.717, 1.165) is 22.4 Å². The van der Waals surface area contributed by atoms with Gasteiger partial charge in [-0.15, -0.1) is 0 Å². The van der Waals surface area contributed by atoms with E-state index in [1.165, 1.54) is 0 Å². The number of fused-ring (bicyclic) bond motifs is 2. The van der Waals surface area contributed by atoms with Crippen molar-refractivity contribution >= 4 is 33.5 Å². The lowest BCUT2D eigenvalue weighted by Gasteiger charge is -2.23. The summed E-state index contributed by atoms with van der Waals surface area (Å²) in [5.41, 5.74) is 4.66. The molecule has 2 heterocycles. The molecule has 4 aromatic rings. The van der Waals surface area contributed by atoms with Crippen LogP contribution in [0.15, 0.2) is 58.1 Å². The Kier molecular flexibility index (Phi) is 4.19. The quantitative estimate of drug-likeness (QED) is 0.547. The van der Waals surface area contributed by atoms with Gasteiger partial charge >= 0.3 is 5.97 Å². The van der Waals surface area contributed by atoms with Crippen LogP contribution in [0, 0.1) is 6.92 Å². The largest absolute Gasteiger partial charge is 0.480 e. The van der Waals surface area contributed by atoms with E-state index >= 15 is 0 Å². The van der Waals surface area contributed by atoms with Gasteiger partial charge < -0.3 is 19.0 Å². The summed E-state index contributed by atoms with van der Waals surface area (Å²) >= 11 is 0. The second-order valence-electron chi connectivity index (χ2n) is 7.07. The summed E-state index contributed by atoms with van der Waals surface area (Å²) in [7, 11) is 3.78. The number of carbonyl (C=O) groups is 1. The first kappa shape index (κ1) is 17.9. The number of aryl methyl sites for hydroxylation is 1. The third-order valence-corrected chi connectivity index (χ3v) is 5.00. The lowest BCUT2D eigenvalue weighted by Crippen LogP contribution is -2.20. The number of carboxylic acids is 1. The minimum absolute atomic E-state index is 0.103. The van der Waals surface area contributed by atoms with Gasteiger partial charge in [-0.3, -0.25) is 9.59 Å². The first-order valence-electron chi connectivity index (χ1n) is 8.90. The van der Waals surface area contributed by atoms with Crippen LogP contribution in [0.2, 0.25) is 0 Å². The highest BCUT2D eigenvalue weighted by atomic mass is 16.4. The molecule has 0 aliphatic carbocycles. The first-order valence-corrected chi connectivity index (χ1v) is 8.90. The molecule has 0 aliphatic rings. The Bertz CT molecular complexity index is 1270. The fourth-order valence-electron chi connectivity index (χ4n) is 3.82. The molecule has 0 unspecified atom stereocenters. The zero-order valence-corrected chi connectivity index (χ0v) is 15.9. The van der Waals surface area contributed by atoms with Gasteiger partial charge in [-0.1, -0.05) is 12.1 Å². The number of rotatable bonds is 4. The minimum Gasteiger partial charge on any atom is -0.480 e. The van der Waals surface area contributed by atoms with Gasteiger partial charge in [-0.25, -0.2) is 0 Å². The van der Waals surface area contributed by atoms with Gasteiger partial charge in [-0.05, 0) is 42.3 Å². The monoisotopic (exact) mass is 376 g/mol. The van der Waals surface area contributed by atoms with E-state index in [1.807, 2.05) is 50.2 Å². The van der Waals surface area contributed by atoms with Crippen molar-refractivity contribution in [3.8, 4) is 11.1 Å². The van der Waals surface area contributed by atoms with Crippen LogP contribution >= 0.6 is 0 Å². The van der Waals surface area contributed by atoms with Crippen LogP contribution in [-0.4, -0.2) is 29.7 Å². The number of nitrogens with zero attached hydrogens (tertiary/aromatic N) is 2. The predicted octanol–water partition coefficient (Wildman–Crippen LogP) is 3.87. The van der Waals surface area contributed by atoms with Gasteiger partial charge in [0.05, 0.1) is 29.2 Å². The van der Waals surface area contributed by atoms with Crippen LogP contribution in [0.3, 0.4) is 0 Å². The molecule has 0 bridgehead atoms. The van der Waals surface area contributed by atoms with Gasteiger partial charge in [0, 0.05) is 30.4 Å². The van der Waals surface area contributed by atoms with Crippen molar-refractivity contribution in [2.24, 2.45) is 0 Å². The SMILES string of the molecule is Cc1ccc2c(=O)c3ccc(-c4ccoc4)cc3n(CC(=O)O)c2c1N(C)C. The topological polar surface area (TPSA) is 75.7 Å². The number of aliphatic carboxylic acids is 1. The molecular weight excluding hydrogens is 356 g/mol. The molecular formula is C22H20N2O4. The zero-order valence-electron chi connectivity index (χ0n) is 15.9. The second-order valence-corrected chi connectivity index (χ2v) is 7.07. The first-order chi connectivity index (χ1) is 13.4. The molecule has 0 fully saturated rings. The van der Waals surface area contributed by atoms with E-state index in [-0.39, 0.29) is 12.0 Å². The zero-order chi connectivity index (χ0) is 20.0. The van der Waals surface area contributed by atoms with Gasteiger partial charge in [0.25, 0.3) is 0 Å². The molecule has 4 rings (SSSR count). The maximum Gasteiger partial charge on any atom is 0.323 e. The Morgan fingerprint density at radius 2 is 1.86 bits per heavy atom. The molecule has 0 spiro atoms. The van der Waals surface area contributed by atoms with Gasteiger partial charge in [-0.2, -0.15) is 0 Å². The number of anilines is 1. The summed E-state index contributed by atoms with van der Waals surface area (Å²) in [6.45, 7) is 1.71. The lowest BCUT2D eigenvalue weighted by atomic mass is 10.0. The van der Waals surface area contributed by atoms with Crippen molar-refractivity contribution in [3.05, 3.63) is 64.7 Å². The molecule has 0 amide bonds. The molecule has 6 nitrogen and oxygen atoms in total. The predicted molar refractivity (Wildman–Crippen MR) is 110 cm³/mol. The van der Waals surface area contributed by atoms with Crippen LogP contribution < -0.4 is 10.3 Å². The second kappa shape index (κ2) is 6.56. The highest BCUT2D eigenvalue weighted by Crippen LogP contribution is 2.32. The van der Waals surface area contributed by atoms with E-state index in [2.05, 4.69) is 0 Å². The average molecular weight is 376 g/mol. The lowest BCUT2D eigenvalue weighted by molar-refractivity contribution is -0.137. The average Bonchev–Trinajstić information content (AvgIpc) is 3.18. The van der Waals surface area contributed by atoms with E-state index in [0.29, 0.717) is 21.8 Å². The van der Waals surface area contributed by atoms with Gasteiger partial charge in [0.15, 0.2) is 5.43 Å². The number of hydrogen-bond acceptors (Lipinski definition) is 4. The molecule has 0 aliphatic heterocycles. The molecule has 6 heteroatoms. The van der Waals surface area contributed by atoms with Crippen molar-refractivity contribution in [2.75, 3.05) is 19.0 Å². The van der Waals surface area contributed by atoms with Crippen LogP contribution in [-0.2, 0) is 11.3 Å². The minimum atomic E-state index is -0.967. The summed E-state index contributed by atoms with van der Waals surface area (Å²) in [6.07, 6.45) is 3.20. The summed E-state index contributed by atoms with van der Waals surface area (Å²) in [4.78, 5) is 26.8. The van der Waals surface area contributed by atoms with Crippen molar-refractivity contribution in [1.29, 1.82) is 0 Å². The van der Waals surface area contributed by atoms with E-state index < -0.39 is 5.97 Å². The summed E-state index contributed by atoms with van der Waals surface area (Å²) in [5, 5.41) is 10.6. The molecule has 0 saturated heterocycles. The number of benzene rings is 2. The number of furan rings is 1. The fraction of sp³-hybridized carbons (Fsp3) is 0.182. The number of pyridine rings is 1. The Balaban J connectivity index is 2.21. The summed E-state index contributed by atoms with van der Waals surface area (Å²) in [6, 6.07) is 11.0. The van der Waals surface area contributed by atoms with Gasteiger partial charge in [0.1, 0.15) is 6.54 Å². The molecule has 2 aromatic carbocycles. The Hall–Kier alpha value is -3.54. The van der Waals surface area contributed by atoms with Crippen molar-refractivity contribution < 1.29 is 14.3 Å². The highest BCUT2D eigenvalue weighted by molar-refractivity contribution is 6.02. The van der Waals surface area contributed by atoms with Crippen LogP contribution in [0.5, 0.6) is 0 Å². The molecule has 1 N–H and O–H groups in total. The third kappa shape index (κ3) is 2.74. The van der Waals surface area contributed by atoms with E-state index in [9.17, 15) is 14.7 Å². The van der Waals surface area contributed by atoms with E-state index in [4.69, 9.17) is 4.42 Å². The van der Waals surface area contributed by atoms with Crippen LogP contribution in [0.25, 0.3) is 32.9 Å². The Labute approximate surface area is 161 Å². The Morgan fingerprint density at radius 3 is 2.50 bits per heavy atom. The van der Waals surface area contributed by atoms with Crippen LogP contribution in [0.1, 0.15) is 5.56 Å². The molecule has 28 heavy (non-hydrogen) atoms.